The summed E-state index contributed by atoms with van der Waals surface area (Å²) in [6.07, 6.45) is -0.791. The fourth-order valence-corrected chi connectivity index (χ4v) is 6.91. The second-order valence-electron chi connectivity index (χ2n) is 11.6. The van der Waals surface area contributed by atoms with Gasteiger partial charge < -0.3 is 15.4 Å². The van der Waals surface area contributed by atoms with Crippen molar-refractivity contribution in [3.05, 3.63) is 94.2 Å². The minimum atomic E-state index is -4.76. The van der Waals surface area contributed by atoms with Gasteiger partial charge in [-0.3, -0.25) is 9.69 Å². The first-order valence-corrected chi connectivity index (χ1v) is 17.0. The van der Waals surface area contributed by atoms with Crippen LogP contribution in [0.1, 0.15) is 49.8 Å². The first-order chi connectivity index (χ1) is 22.8. The minimum absolute atomic E-state index is 0.0418. The summed E-state index contributed by atoms with van der Waals surface area (Å²) in [7, 11) is 0. The fourth-order valence-electron chi connectivity index (χ4n) is 5.15. The van der Waals surface area contributed by atoms with Gasteiger partial charge in [0.2, 0.25) is 5.91 Å². The summed E-state index contributed by atoms with van der Waals surface area (Å²) in [4.78, 5) is 31.9. The lowest BCUT2D eigenvalue weighted by Gasteiger charge is -2.28. The quantitative estimate of drug-likeness (QED) is 0.170. The third kappa shape index (κ3) is 8.98. The Morgan fingerprint density at radius 2 is 1.81 bits per heavy atom. The molecule has 0 saturated carbocycles. The van der Waals surface area contributed by atoms with E-state index < -0.39 is 11.9 Å². The highest BCUT2D eigenvalue weighted by atomic mass is 79.9. The van der Waals surface area contributed by atoms with Gasteiger partial charge in [0, 0.05) is 11.6 Å². The van der Waals surface area contributed by atoms with Crippen LogP contribution in [0.4, 0.5) is 23.7 Å². The van der Waals surface area contributed by atoms with Crippen LogP contribution in [0.3, 0.4) is 0 Å². The van der Waals surface area contributed by atoms with Crippen LogP contribution in [0.15, 0.2) is 77.5 Å². The maximum Gasteiger partial charge on any atom is 0.573 e. The van der Waals surface area contributed by atoms with E-state index in [1.165, 1.54) is 47.0 Å². The molecule has 5 rings (SSSR count). The number of hydrogen-bond donors (Lipinski definition) is 2. The second kappa shape index (κ2) is 14.9. The molecule has 0 spiro atoms. The van der Waals surface area contributed by atoms with E-state index in [-0.39, 0.29) is 35.4 Å². The average Bonchev–Trinajstić information content (AvgIpc) is 3.63. The fraction of sp³-hybridized carbons (Fsp3) is 0.294. The lowest BCUT2D eigenvalue weighted by molar-refractivity contribution is -0.274. The Morgan fingerprint density at radius 3 is 2.48 bits per heavy atom. The van der Waals surface area contributed by atoms with Crippen LogP contribution in [-0.2, 0) is 4.79 Å². The lowest BCUT2D eigenvalue weighted by atomic mass is 9.98. The van der Waals surface area contributed by atoms with Crippen molar-refractivity contribution in [3.63, 3.8) is 0 Å². The van der Waals surface area contributed by atoms with E-state index in [0.29, 0.717) is 17.9 Å². The van der Waals surface area contributed by atoms with Crippen LogP contribution in [0.2, 0.25) is 0 Å². The van der Waals surface area contributed by atoms with Crippen LogP contribution in [0, 0.1) is 6.92 Å². The van der Waals surface area contributed by atoms with Crippen LogP contribution in [0.5, 0.6) is 5.75 Å². The number of carbonyl (C=O) groups excluding carboxylic acids is 2. The number of alkyl halides is 3. The average molecular weight is 744 g/mol. The van der Waals surface area contributed by atoms with Gasteiger partial charge in [-0.1, -0.05) is 66.2 Å². The topological polar surface area (TPSA) is 101 Å². The first kappa shape index (κ1) is 35.0. The summed E-state index contributed by atoms with van der Waals surface area (Å²) in [5.74, 6) is 0.594. The van der Waals surface area contributed by atoms with Crippen molar-refractivity contribution in [2.45, 2.75) is 57.9 Å². The SMILES string of the molecule is Cc1ccc(C(C)C)c(N2C(=O)CSC2NC(=O)NC(C)C/C(Br)=C\c2ccc(-c3ncn(-c4ccc(OC(F)(F)F)cc4)n3)cc2)c1. The summed E-state index contributed by atoms with van der Waals surface area (Å²) < 4.78 is 43.6. The number of thioether (sulfide) groups is 1. The third-order valence-electron chi connectivity index (χ3n) is 7.39. The molecule has 14 heteroatoms. The highest BCUT2D eigenvalue weighted by Gasteiger charge is 2.36. The Bertz CT molecular complexity index is 1800. The number of hydrogen-bond acceptors (Lipinski definition) is 6. The molecular formula is C34H34BrF3N6O3S. The summed E-state index contributed by atoms with van der Waals surface area (Å²) in [5, 5.41) is 10.4. The molecule has 1 aromatic heterocycles. The van der Waals surface area contributed by atoms with Crippen molar-refractivity contribution < 1.29 is 27.5 Å². The van der Waals surface area contributed by atoms with E-state index in [9.17, 15) is 22.8 Å². The summed E-state index contributed by atoms with van der Waals surface area (Å²) >= 11 is 5.00. The number of rotatable bonds is 10. The Hall–Kier alpha value is -4.30. The van der Waals surface area contributed by atoms with Crippen LogP contribution in [-0.4, -0.2) is 50.4 Å². The minimum Gasteiger partial charge on any atom is -0.406 e. The lowest BCUT2D eigenvalue weighted by Crippen LogP contribution is -2.50. The Morgan fingerprint density at radius 1 is 1.10 bits per heavy atom. The summed E-state index contributed by atoms with van der Waals surface area (Å²) in [6, 6.07) is 18.4. The molecule has 2 unspecified atom stereocenters. The summed E-state index contributed by atoms with van der Waals surface area (Å²) in [5.41, 5.74) is 4.61. The predicted molar refractivity (Wildman–Crippen MR) is 185 cm³/mol. The molecule has 2 N–H and O–H groups in total. The zero-order chi connectivity index (χ0) is 34.6. The Balaban J connectivity index is 1.16. The van der Waals surface area contributed by atoms with E-state index in [1.807, 2.05) is 62.4 Å². The molecule has 2 heterocycles. The van der Waals surface area contributed by atoms with E-state index in [0.717, 1.165) is 32.4 Å². The van der Waals surface area contributed by atoms with Crippen molar-refractivity contribution in [2.75, 3.05) is 10.7 Å². The number of ether oxygens (including phenoxy) is 1. The summed E-state index contributed by atoms with van der Waals surface area (Å²) in [6.45, 7) is 8.05. The van der Waals surface area contributed by atoms with E-state index in [4.69, 9.17) is 0 Å². The van der Waals surface area contributed by atoms with Crippen LogP contribution >= 0.6 is 27.7 Å². The molecule has 3 aromatic carbocycles. The highest BCUT2D eigenvalue weighted by Crippen LogP contribution is 2.35. The molecule has 9 nitrogen and oxygen atoms in total. The number of aromatic nitrogens is 3. The molecule has 0 bridgehead atoms. The van der Waals surface area contributed by atoms with Crippen molar-refractivity contribution in [1.82, 2.24) is 25.4 Å². The van der Waals surface area contributed by atoms with Gasteiger partial charge in [-0.25, -0.2) is 14.5 Å². The number of halogens is 4. The number of nitrogens with one attached hydrogen (secondary N) is 2. The number of nitrogens with zero attached hydrogens (tertiary/aromatic N) is 4. The number of benzene rings is 3. The second-order valence-corrected chi connectivity index (χ2v) is 13.7. The number of amides is 3. The molecule has 4 aromatic rings. The zero-order valence-corrected chi connectivity index (χ0v) is 29.0. The van der Waals surface area contributed by atoms with E-state index >= 15 is 0 Å². The number of carbonyl (C=O) groups is 2. The van der Waals surface area contributed by atoms with Crippen molar-refractivity contribution in [3.8, 4) is 22.8 Å². The van der Waals surface area contributed by atoms with Gasteiger partial charge in [0.15, 0.2) is 11.3 Å². The predicted octanol–water partition coefficient (Wildman–Crippen LogP) is 8.14. The van der Waals surface area contributed by atoms with Gasteiger partial charge in [0.25, 0.3) is 0 Å². The largest absolute Gasteiger partial charge is 0.573 e. The normalized spacial score (nSPS) is 15.9. The Kier molecular flexibility index (Phi) is 10.8. The van der Waals surface area contributed by atoms with Crippen molar-refractivity contribution >= 4 is 51.4 Å². The maximum absolute atomic E-state index is 13.0. The third-order valence-corrected chi connectivity index (χ3v) is 9.00. The standard InChI is InChI=1S/C34H34BrF3N6O3S/c1-20(2)28-14-5-21(3)15-29(28)44-30(45)18-48-33(44)41-32(46)40-22(4)16-25(35)17-23-6-8-24(9-7-23)31-39-19-43(42-31)26-10-12-27(13-11-26)47-34(36,37)38/h5-15,17,19-20,22,33H,16,18H2,1-4H3,(H2,40,41,46)/b25-17+. The van der Waals surface area contributed by atoms with Gasteiger partial charge in [0.1, 0.15) is 12.1 Å². The van der Waals surface area contributed by atoms with Gasteiger partial charge in [-0.2, -0.15) is 0 Å². The molecule has 1 aliphatic rings. The molecular weight excluding hydrogens is 709 g/mol. The van der Waals surface area contributed by atoms with E-state index in [2.05, 4.69) is 55.2 Å². The molecule has 1 fully saturated rings. The number of anilines is 1. The van der Waals surface area contributed by atoms with Gasteiger partial charge >= 0.3 is 12.4 Å². The molecule has 1 saturated heterocycles. The highest BCUT2D eigenvalue weighted by molar-refractivity contribution is 9.11. The molecule has 3 amide bonds. The smallest absolute Gasteiger partial charge is 0.406 e. The number of aryl methyl sites for hydroxylation is 1. The van der Waals surface area contributed by atoms with Crippen LogP contribution in [0.25, 0.3) is 23.2 Å². The van der Waals surface area contributed by atoms with Crippen LogP contribution < -0.4 is 20.3 Å². The maximum atomic E-state index is 13.0. The van der Waals surface area contributed by atoms with Gasteiger partial charge in [-0.05, 0) is 83.8 Å². The van der Waals surface area contributed by atoms with E-state index in [1.54, 1.807) is 4.90 Å². The van der Waals surface area contributed by atoms with Gasteiger partial charge in [0.05, 0.1) is 17.1 Å². The number of urea groups is 1. The van der Waals surface area contributed by atoms with Gasteiger partial charge in [-0.15, -0.1) is 30.0 Å². The zero-order valence-electron chi connectivity index (χ0n) is 26.6. The van der Waals surface area contributed by atoms with Crippen molar-refractivity contribution in [2.24, 2.45) is 0 Å². The molecule has 252 valence electrons. The molecule has 1 aliphatic heterocycles. The molecule has 0 radical (unpaired) electrons. The molecule has 48 heavy (non-hydrogen) atoms. The Labute approximate surface area is 289 Å². The molecule has 0 aliphatic carbocycles. The van der Waals surface area contributed by atoms with Crippen molar-refractivity contribution in [1.29, 1.82) is 0 Å². The first-order valence-electron chi connectivity index (χ1n) is 15.1. The molecule has 2 atom stereocenters. The monoisotopic (exact) mass is 742 g/mol.